The Balaban J connectivity index is 1.56. The van der Waals surface area contributed by atoms with Gasteiger partial charge in [-0.3, -0.25) is 14.4 Å². The molecule has 2 aromatic carbocycles. The molecular weight excluding hydrogens is 330 g/mol. The number of aryl methyl sites for hydroxylation is 1. The van der Waals surface area contributed by atoms with Gasteiger partial charge in [0.15, 0.2) is 0 Å². The Labute approximate surface area is 151 Å². The Morgan fingerprint density at radius 3 is 2.65 bits per heavy atom. The van der Waals surface area contributed by atoms with E-state index in [-0.39, 0.29) is 5.91 Å². The molecule has 6 nitrogen and oxygen atoms in total. The molecule has 0 aliphatic carbocycles. The highest BCUT2D eigenvalue weighted by Crippen LogP contribution is 2.21. The quantitative estimate of drug-likeness (QED) is 0.739. The highest BCUT2D eigenvalue weighted by Gasteiger charge is 2.26. The maximum atomic E-state index is 12.1. The van der Waals surface area contributed by atoms with Crippen LogP contribution in [0.3, 0.4) is 0 Å². The van der Waals surface area contributed by atoms with Crippen molar-refractivity contribution < 1.29 is 14.4 Å². The summed E-state index contributed by atoms with van der Waals surface area (Å²) in [7, 11) is 0. The van der Waals surface area contributed by atoms with Crippen LogP contribution in [-0.2, 0) is 20.8 Å². The highest BCUT2D eigenvalue weighted by molar-refractivity contribution is 6.05. The number of para-hydroxylation sites is 1. The lowest BCUT2D eigenvalue weighted by Crippen LogP contribution is -2.47. The molecule has 0 bridgehead atoms. The first-order valence-electron chi connectivity index (χ1n) is 8.26. The molecule has 3 amide bonds. The number of hydrogen-bond donors (Lipinski definition) is 3. The topological polar surface area (TPSA) is 87.3 Å². The van der Waals surface area contributed by atoms with Crippen molar-refractivity contribution >= 4 is 29.1 Å². The number of rotatable bonds is 4. The van der Waals surface area contributed by atoms with E-state index < -0.39 is 17.9 Å². The van der Waals surface area contributed by atoms with Gasteiger partial charge < -0.3 is 16.0 Å². The van der Waals surface area contributed by atoms with E-state index in [1.54, 1.807) is 6.07 Å². The predicted octanol–water partition coefficient (Wildman–Crippen LogP) is 2.17. The molecule has 26 heavy (non-hydrogen) atoms. The molecule has 6 heteroatoms. The molecule has 0 saturated carbocycles. The van der Waals surface area contributed by atoms with Crippen LogP contribution in [0.2, 0.25) is 0 Å². The van der Waals surface area contributed by atoms with Gasteiger partial charge in [0.25, 0.3) is 0 Å². The smallest absolute Gasteiger partial charge is 0.248 e. The molecule has 0 aromatic heterocycles. The molecule has 0 saturated heterocycles. The van der Waals surface area contributed by atoms with E-state index in [4.69, 9.17) is 0 Å². The molecule has 3 rings (SSSR count). The normalized spacial score (nSPS) is 15.9. The lowest BCUT2D eigenvalue weighted by Gasteiger charge is -2.24. The van der Waals surface area contributed by atoms with Crippen molar-refractivity contribution in [1.29, 1.82) is 0 Å². The number of carbonyl (C=O) groups is 3. The molecule has 0 spiro atoms. The van der Waals surface area contributed by atoms with E-state index in [1.165, 1.54) is 0 Å². The summed E-state index contributed by atoms with van der Waals surface area (Å²) >= 11 is 0. The zero-order valence-corrected chi connectivity index (χ0v) is 14.3. The summed E-state index contributed by atoms with van der Waals surface area (Å²) in [6.07, 6.45) is 2.68. The summed E-state index contributed by atoms with van der Waals surface area (Å²) in [6, 6.07) is 14.1. The molecular formula is C20H19N3O3. The Morgan fingerprint density at radius 1 is 1.08 bits per heavy atom. The lowest BCUT2D eigenvalue weighted by atomic mass is 9.99. The minimum Gasteiger partial charge on any atom is -0.340 e. The van der Waals surface area contributed by atoms with E-state index >= 15 is 0 Å². The summed E-state index contributed by atoms with van der Waals surface area (Å²) in [4.78, 5) is 36.0. The highest BCUT2D eigenvalue weighted by atomic mass is 16.2. The second-order valence-electron chi connectivity index (χ2n) is 6.10. The third-order valence-corrected chi connectivity index (χ3v) is 4.00. The predicted molar refractivity (Wildman–Crippen MR) is 99.7 cm³/mol. The van der Waals surface area contributed by atoms with Crippen LogP contribution in [0.1, 0.15) is 11.1 Å². The summed E-state index contributed by atoms with van der Waals surface area (Å²) < 4.78 is 0. The summed E-state index contributed by atoms with van der Waals surface area (Å²) in [6.45, 7) is 1.92. The third kappa shape index (κ3) is 4.36. The molecule has 1 aliphatic heterocycles. The van der Waals surface area contributed by atoms with Crippen molar-refractivity contribution in [2.24, 2.45) is 0 Å². The number of benzene rings is 2. The molecule has 3 N–H and O–H groups in total. The average Bonchev–Trinajstić information content (AvgIpc) is 2.61. The molecule has 132 valence electrons. The summed E-state index contributed by atoms with van der Waals surface area (Å²) in [5.41, 5.74) is 3.39. The number of anilines is 2. The number of hydrogen-bond acceptors (Lipinski definition) is 3. The lowest BCUT2D eigenvalue weighted by molar-refractivity contribution is -0.124. The first-order chi connectivity index (χ1) is 12.5. The summed E-state index contributed by atoms with van der Waals surface area (Å²) in [5, 5.41) is 8.06. The fourth-order valence-electron chi connectivity index (χ4n) is 2.75. The molecule has 0 fully saturated rings. The van der Waals surface area contributed by atoms with Crippen molar-refractivity contribution in [1.82, 2.24) is 5.32 Å². The number of fused-ring (bicyclic) bond motifs is 1. The van der Waals surface area contributed by atoms with Crippen LogP contribution < -0.4 is 16.0 Å². The van der Waals surface area contributed by atoms with Gasteiger partial charge in [-0.2, -0.15) is 0 Å². The Bertz CT molecular complexity index is 889. The molecule has 1 heterocycles. The van der Waals surface area contributed by atoms with Gasteiger partial charge in [0.2, 0.25) is 17.7 Å². The van der Waals surface area contributed by atoms with Crippen molar-refractivity contribution in [2.75, 3.05) is 10.6 Å². The fourth-order valence-corrected chi connectivity index (χ4v) is 2.75. The second kappa shape index (κ2) is 7.65. The SMILES string of the molecule is Cc1cccc(NC(=O)C=CC(=O)NC2Cc3ccccc3NC2=O)c1. The fraction of sp³-hybridized carbons (Fsp3) is 0.150. The van der Waals surface area contributed by atoms with Crippen molar-refractivity contribution in [3.63, 3.8) is 0 Å². The Morgan fingerprint density at radius 2 is 1.85 bits per heavy atom. The first kappa shape index (κ1) is 17.4. The van der Waals surface area contributed by atoms with Crippen LogP contribution in [0, 0.1) is 6.92 Å². The van der Waals surface area contributed by atoms with Gasteiger partial charge >= 0.3 is 0 Å². The van der Waals surface area contributed by atoms with Gasteiger partial charge in [0, 0.05) is 29.9 Å². The van der Waals surface area contributed by atoms with Gasteiger partial charge in [-0.1, -0.05) is 30.3 Å². The van der Waals surface area contributed by atoms with Crippen LogP contribution in [0.15, 0.2) is 60.7 Å². The van der Waals surface area contributed by atoms with Crippen LogP contribution in [0.25, 0.3) is 0 Å². The second-order valence-corrected chi connectivity index (χ2v) is 6.10. The van der Waals surface area contributed by atoms with E-state index in [2.05, 4.69) is 16.0 Å². The van der Waals surface area contributed by atoms with Crippen LogP contribution in [0.5, 0.6) is 0 Å². The molecule has 1 unspecified atom stereocenters. The van der Waals surface area contributed by atoms with Gasteiger partial charge in [-0.15, -0.1) is 0 Å². The number of nitrogens with one attached hydrogen (secondary N) is 3. The third-order valence-electron chi connectivity index (χ3n) is 4.00. The number of amides is 3. The molecule has 2 aromatic rings. The van der Waals surface area contributed by atoms with Gasteiger partial charge in [0.05, 0.1) is 0 Å². The van der Waals surface area contributed by atoms with Gasteiger partial charge in [0.1, 0.15) is 6.04 Å². The average molecular weight is 349 g/mol. The molecule has 1 aliphatic rings. The Hall–Kier alpha value is -3.41. The maximum absolute atomic E-state index is 12.1. The van der Waals surface area contributed by atoms with Gasteiger partial charge in [-0.05, 0) is 36.2 Å². The minimum atomic E-state index is -0.665. The van der Waals surface area contributed by atoms with Crippen LogP contribution in [0.4, 0.5) is 11.4 Å². The standard InChI is InChI=1S/C20H19N3O3/c1-13-5-4-7-15(11-13)21-18(24)9-10-19(25)22-17-12-14-6-2-3-8-16(14)23-20(17)26/h2-11,17H,12H2,1H3,(H,21,24)(H,22,25)(H,23,26). The zero-order valence-electron chi connectivity index (χ0n) is 14.3. The minimum absolute atomic E-state index is 0.269. The molecule has 1 atom stereocenters. The van der Waals surface area contributed by atoms with E-state index in [0.717, 1.165) is 29.0 Å². The van der Waals surface area contributed by atoms with E-state index in [9.17, 15) is 14.4 Å². The van der Waals surface area contributed by atoms with Crippen molar-refractivity contribution in [3.05, 3.63) is 71.8 Å². The monoisotopic (exact) mass is 349 g/mol. The number of carbonyl (C=O) groups excluding carboxylic acids is 3. The Kier molecular flexibility index (Phi) is 5.12. The first-order valence-corrected chi connectivity index (χ1v) is 8.26. The zero-order chi connectivity index (χ0) is 18.5. The maximum Gasteiger partial charge on any atom is 0.248 e. The van der Waals surface area contributed by atoms with Crippen molar-refractivity contribution in [2.45, 2.75) is 19.4 Å². The van der Waals surface area contributed by atoms with E-state index in [1.807, 2.05) is 49.4 Å². The van der Waals surface area contributed by atoms with Gasteiger partial charge in [-0.25, -0.2) is 0 Å². The largest absolute Gasteiger partial charge is 0.340 e. The summed E-state index contributed by atoms with van der Waals surface area (Å²) in [5.74, 6) is -1.18. The van der Waals surface area contributed by atoms with Crippen LogP contribution >= 0.6 is 0 Å². The van der Waals surface area contributed by atoms with Crippen LogP contribution in [-0.4, -0.2) is 23.8 Å². The van der Waals surface area contributed by atoms with E-state index in [0.29, 0.717) is 12.1 Å². The van der Waals surface area contributed by atoms with Crippen molar-refractivity contribution in [3.8, 4) is 0 Å². The molecule has 0 radical (unpaired) electrons.